The molecule has 0 aliphatic carbocycles. The zero-order valence-electron chi connectivity index (χ0n) is 12.9. The average molecular weight is 527 g/mol. The molecule has 0 heterocycles. The summed E-state index contributed by atoms with van der Waals surface area (Å²) in [6.07, 6.45) is 2.91. The zero-order valence-corrected chi connectivity index (χ0v) is 20.3. The van der Waals surface area contributed by atoms with Gasteiger partial charge in [0.25, 0.3) is 0 Å². The monoisotopic (exact) mass is 526 g/mol. The van der Waals surface area contributed by atoms with E-state index in [2.05, 4.69) is 74.5 Å². The smallest absolute Gasteiger partial charge is 0.514 e. The number of rotatable bonds is 6. The molecule has 0 N–H and O–H groups in total. The average Bonchev–Trinajstić information content (AvgIpc) is 2.41. The standard InChI is InChI=1S/3C4H8OS2.Sb/c3*1-2-3-5-4(6)7;/h3*2-3H2,1H3,(H,6,7);/q;;;+3/p-3. The number of ether oxygens (including phenoxy) is 3. The van der Waals surface area contributed by atoms with Crippen molar-refractivity contribution in [2.45, 2.75) is 40.0 Å². The van der Waals surface area contributed by atoms with Gasteiger partial charge in [0.1, 0.15) is 0 Å². The van der Waals surface area contributed by atoms with E-state index in [4.69, 9.17) is 14.2 Å². The quantitative estimate of drug-likeness (QED) is 0.293. The van der Waals surface area contributed by atoms with Gasteiger partial charge in [0.05, 0.1) is 19.8 Å². The van der Waals surface area contributed by atoms with Crippen molar-refractivity contribution in [1.82, 2.24) is 0 Å². The normalized spacial score (nSPS) is 7.77. The molecular weight excluding hydrogens is 506 g/mol. The molecule has 2 radical (unpaired) electrons. The predicted molar refractivity (Wildman–Crippen MR) is 114 cm³/mol. The van der Waals surface area contributed by atoms with Gasteiger partial charge in [-0.3, -0.25) is 0 Å². The van der Waals surface area contributed by atoms with E-state index in [1.54, 1.807) is 0 Å². The minimum Gasteiger partial charge on any atom is -0.514 e. The van der Waals surface area contributed by atoms with Crippen molar-refractivity contribution in [3.05, 3.63) is 0 Å². The third-order valence-electron chi connectivity index (χ3n) is 1.27. The molecule has 0 aromatic carbocycles. The molecule has 0 unspecified atom stereocenters. The Labute approximate surface area is 184 Å². The van der Waals surface area contributed by atoms with E-state index >= 15 is 0 Å². The van der Waals surface area contributed by atoms with Crippen molar-refractivity contribution in [3.63, 3.8) is 0 Å². The van der Waals surface area contributed by atoms with Gasteiger partial charge in [0, 0.05) is 13.1 Å². The van der Waals surface area contributed by atoms with Crippen LogP contribution in [0, 0.1) is 0 Å². The topological polar surface area (TPSA) is 27.7 Å². The molecule has 0 saturated heterocycles. The van der Waals surface area contributed by atoms with Gasteiger partial charge >= 0.3 is 24.4 Å². The molecule has 128 valence electrons. The van der Waals surface area contributed by atoms with Gasteiger partial charge in [0.2, 0.25) is 0 Å². The minimum absolute atomic E-state index is 0. The Kier molecular flexibility index (Phi) is 38.0. The second-order valence-electron chi connectivity index (χ2n) is 3.30. The first-order chi connectivity index (χ1) is 9.81. The van der Waals surface area contributed by atoms with E-state index in [1.807, 2.05) is 20.8 Å². The Bertz CT molecular complexity index is 237. The Morgan fingerprint density at radius 1 is 0.636 bits per heavy atom. The summed E-state index contributed by atoms with van der Waals surface area (Å²) in [5, 5.41) is 0. The first-order valence-corrected chi connectivity index (χ1v) is 8.77. The van der Waals surface area contributed by atoms with Crippen molar-refractivity contribution < 1.29 is 14.2 Å². The van der Waals surface area contributed by atoms with Crippen LogP contribution in [0.3, 0.4) is 0 Å². The largest absolute Gasteiger partial charge is 3.00 e. The van der Waals surface area contributed by atoms with Gasteiger partial charge in [-0.05, 0) is 19.3 Å². The second kappa shape index (κ2) is 27.0. The van der Waals surface area contributed by atoms with Crippen LogP contribution < -0.4 is 0 Å². The molecule has 0 bridgehead atoms. The summed E-state index contributed by atoms with van der Waals surface area (Å²) in [7, 11) is 0. The van der Waals surface area contributed by atoms with Crippen LogP contribution in [0.5, 0.6) is 0 Å². The summed E-state index contributed by atoms with van der Waals surface area (Å²) in [4.78, 5) is 0. The molecule has 0 aliphatic heterocycles. The van der Waals surface area contributed by atoms with Gasteiger partial charge < -0.3 is 88.8 Å². The maximum atomic E-state index is 4.74. The third kappa shape index (κ3) is 49.7. The maximum absolute atomic E-state index is 4.74. The fourth-order valence-electron chi connectivity index (χ4n) is 0.556. The number of thiocarbonyl (C=S) groups is 3. The molecule has 10 heteroatoms. The molecular formula is C12H21O3S6Sb. The maximum Gasteiger partial charge on any atom is 3.00 e. The molecule has 0 rings (SSSR count). The third-order valence-corrected chi connectivity index (χ3v) is 1.98. The minimum atomic E-state index is 0. The SMILES string of the molecule is CCCOC(=S)[S-].CCCOC(=S)[S-].CCCOC(=S)[S-].[Sb+3]. The Morgan fingerprint density at radius 2 is 0.818 bits per heavy atom. The first-order valence-electron chi connectivity index (χ1n) is 6.32. The van der Waals surface area contributed by atoms with Gasteiger partial charge in [-0.1, -0.05) is 20.8 Å². The van der Waals surface area contributed by atoms with Crippen molar-refractivity contribution in [2.24, 2.45) is 0 Å². The molecule has 0 spiro atoms. The van der Waals surface area contributed by atoms with Gasteiger partial charge in [-0.15, -0.1) is 0 Å². The molecule has 0 fully saturated rings. The molecule has 0 saturated carbocycles. The Morgan fingerprint density at radius 3 is 0.864 bits per heavy atom. The molecule has 0 aliphatic rings. The van der Waals surface area contributed by atoms with E-state index in [9.17, 15) is 0 Å². The second-order valence-corrected chi connectivity index (χ2v) is 6.30. The molecule has 0 atom stereocenters. The number of hydrogen-bond acceptors (Lipinski definition) is 9. The summed E-state index contributed by atoms with van der Waals surface area (Å²) < 4.78 is 14.9. The van der Waals surface area contributed by atoms with Crippen molar-refractivity contribution in [3.8, 4) is 0 Å². The Balaban J connectivity index is -0.000000108. The van der Waals surface area contributed by atoms with Crippen molar-refractivity contribution in [2.75, 3.05) is 19.8 Å². The van der Waals surface area contributed by atoms with Crippen LogP contribution in [-0.4, -0.2) is 57.4 Å². The van der Waals surface area contributed by atoms with E-state index in [-0.39, 0.29) is 37.6 Å². The predicted octanol–water partition coefficient (Wildman–Crippen LogP) is 3.35. The van der Waals surface area contributed by atoms with Crippen LogP contribution >= 0.6 is 36.7 Å². The van der Waals surface area contributed by atoms with E-state index in [0.717, 1.165) is 19.3 Å². The summed E-state index contributed by atoms with van der Waals surface area (Å²) in [5.74, 6) is 0. The van der Waals surface area contributed by atoms with Crippen LogP contribution in [0.4, 0.5) is 0 Å². The van der Waals surface area contributed by atoms with Crippen LogP contribution in [-0.2, 0) is 52.1 Å². The summed E-state index contributed by atoms with van der Waals surface area (Å²) in [6.45, 7) is 7.99. The van der Waals surface area contributed by atoms with E-state index < -0.39 is 0 Å². The van der Waals surface area contributed by atoms with Gasteiger partial charge in [-0.2, -0.15) is 0 Å². The van der Waals surface area contributed by atoms with Crippen LogP contribution in [0.2, 0.25) is 0 Å². The van der Waals surface area contributed by atoms with Crippen LogP contribution in [0.25, 0.3) is 0 Å². The van der Waals surface area contributed by atoms with Crippen molar-refractivity contribution in [1.29, 1.82) is 0 Å². The number of hydrogen-bond donors (Lipinski definition) is 0. The van der Waals surface area contributed by atoms with Crippen LogP contribution in [0.1, 0.15) is 40.0 Å². The fraction of sp³-hybridized carbons (Fsp3) is 0.750. The zero-order chi connectivity index (χ0) is 17.1. The van der Waals surface area contributed by atoms with Crippen molar-refractivity contribution >= 4 is 112 Å². The van der Waals surface area contributed by atoms with E-state index in [1.165, 1.54) is 0 Å². The fourth-order valence-corrected chi connectivity index (χ4v) is 1.06. The Hall–Kier alpha value is 1.15. The molecule has 0 aromatic rings. The molecule has 0 aromatic heterocycles. The molecule has 22 heavy (non-hydrogen) atoms. The molecule has 0 amide bonds. The summed E-state index contributed by atoms with van der Waals surface area (Å²) in [6, 6.07) is 0. The van der Waals surface area contributed by atoms with E-state index in [0.29, 0.717) is 19.8 Å². The first kappa shape index (κ1) is 31.0. The van der Waals surface area contributed by atoms with Crippen LogP contribution in [0.15, 0.2) is 0 Å². The van der Waals surface area contributed by atoms with Gasteiger partial charge in [-0.25, -0.2) is 0 Å². The summed E-state index contributed by atoms with van der Waals surface area (Å²) >= 11 is 26.7. The molecule has 3 nitrogen and oxygen atoms in total. The summed E-state index contributed by atoms with van der Waals surface area (Å²) in [5.41, 5.74) is 0. The van der Waals surface area contributed by atoms with Gasteiger partial charge in [0.15, 0.2) is 0 Å².